The van der Waals surface area contributed by atoms with Crippen molar-refractivity contribution in [1.29, 1.82) is 0 Å². The molecular weight excluding hydrogens is 270 g/mol. The Labute approximate surface area is 132 Å². The fraction of sp³-hybridized carbons (Fsp3) is 0.200. The van der Waals surface area contributed by atoms with Crippen LogP contribution in [0.4, 0.5) is 0 Å². The van der Waals surface area contributed by atoms with Crippen LogP contribution < -0.4 is 5.32 Å². The van der Waals surface area contributed by atoms with E-state index in [4.69, 9.17) is 0 Å². The molecule has 0 amide bonds. The van der Waals surface area contributed by atoms with Gasteiger partial charge in [0.05, 0.1) is 0 Å². The molecule has 0 atom stereocenters. The van der Waals surface area contributed by atoms with Crippen molar-refractivity contribution in [2.24, 2.45) is 0 Å². The minimum atomic E-state index is 0.264. The van der Waals surface area contributed by atoms with E-state index in [1.807, 2.05) is 37.3 Å². The summed E-state index contributed by atoms with van der Waals surface area (Å²) < 4.78 is 0. The Morgan fingerprint density at radius 3 is 2.50 bits per heavy atom. The standard InChI is InChI=1S/C20H23NO/c1-16(19-12-6-7-13-20(19)22)15-17(2)21-14-8-11-18-9-4-3-5-10-18/h3-7,9-10,12-13,15,21-22H,1,8,11,14H2,2H3/b17-15+. The summed E-state index contributed by atoms with van der Waals surface area (Å²) in [7, 11) is 0. The van der Waals surface area contributed by atoms with Crippen LogP contribution in [0.25, 0.3) is 5.57 Å². The predicted octanol–water partition coefficient (Wildman–Crippen LogP) is 4.53. The number of benzene rings is 2. The maximum Gasteiger partial charge on any atom is 0.123 e. The van der Waals surface area contributed by atoms with Gasteiger partial charge in [-0.25, -0.2) is 0 Å². The fourth-order valence-electron chi connectivity index (χ4n) is 2.36. The lowest BCUT2D eigenvalue weighted by Gasteiger charge is -2.09. The largest absolute Gasteiger partial charge is 0.507 e. The van der Waals surface area contributed by atoms with Crippen molar-refractivity contribution in [3.05, 3.63) is 84.1 Å². The summed E-state index contributed by atoms with van der Waals surface area (Å²) in [6.45, 7) is 6.97. The van der Waals surface area contributed by atoms with Crippen LogP contribution in [0.2, 0.25) is 0 Å². The number of aromatic hydroxyl groups is 1. The van der Waals surface area contributed by atoms with Crippen LogP contribution in [-0.4, -0.2) is 11.7 Å². The summed E-state index contributed by atoms with van der Waals surface area (Å²) in [5.41, 5.74) is 4.00. The molecule has 0 aromatic heterocycles. The number of rotatable bonds is 7. The number of phenols is 1. The molecule has 2 N–H and O–H groups in total. The lowest BCUT2D eigenvalue weighted by atomic mass is 10.1. The van der Waals surface area contributed by atoms with Crippen molar-refractivity contribution in [1.82, 2.24) is 5.32 Å². The summed E-state index contributed by atoms with van der Waals surface area (Å²) >= 11 is 0. The third-order valence-corrected chi connectivity index (χ3v) is 3.53. The molecule has 2 nitrogen and oxygen atoms in total. The van der Waals surface area contributed by atoms with Gasteiger partial charge in [0.2, 0.25) is 0 Å². The molecule has 0 heterocycles. The Hall–Kier alpha value is -2.48. The molecule has 0 radical (unpaired) electrons. The van der Waals surface area contributed by atoms with Crippen LogP contribution in [0.5, 0.6) is 5.75 Å². The topological polar surface area (TPSA) is 32.3 Å². The first-order valence-corrected chi connectivity index (χ1v) is 7.60. The average molecular weight is 293 g/mol. The van der Waals surface area contributed by atoms with E-state index in [-0.39, 0.29) is 5.75 Å². The maximum atomic E-state index is 9.82. The maximum absolute atomic E-state index is 9.82. The van der Waals surface area contributed by atoms with Gasteiger partial charge in [0.15, 0.2) is 0 Å². The number of hydrogen-bond acceptors (Lipinski definition) is 2. The van der Waals surface area contributed by atoms with Gasteiger partial charge in [0, 0.05) is 17.8 Å². The van der Waals surface area contributed by atoms with Crippen molar-refractivity contribution >= 4 is 5.57 Å². The number of aryl methyl sites for hydroxylation is 1. The molecule has 114 valence electrons. The lowest BCUT2D eigenvalue weighted by Crippen LogP contribution is -2.13. The number of para-hydroxylation sites is 1. The summed E-state index contributed by atoms with van der Waals surface area (Å²) in [5, 5.41) is 13.2. The lowest BCUT2D eigenvalue weighted by molar-refractivity contribution is 0.474. The first kappa shape index (κ1) is 15.9. The highest BCUT2D eigenvalue weighted by Gasteiger charge is 2.02. The molecule has 0 aliphatic heterocycles. The molecule has 2 heteroatoms. The number of nitrogens with one attached hydrogen (secondary N) is 1. The van der Waals surface area contributed by atoms with Gasteiger partial charge in [0.1, 0.15) is 5.75 Å². The number of hydrogen-bond donors (Lipinski definition) is 2. The summed E-state index contributed by atoms with van der Waals surface area (Å²) in [4.78, 5) is 0. The van der Waals surface area contributed by atoms with Gasteiger partial charge in [-0.2, -0.15) is 0 Å². The molecule has 22 heavy (non-hydrogen) atoms. The van der Waals surface area contributed by atoms with Crippen LogP contribution in [0, 0.1) is 0 Å². The monoisotopic (exact) mass is 293 g/mol. The first-order chi connectivity index (χ1) is 10.7. The van der Waals surface area contributed by atoms with Crippen molar-refractivity contribution in [3.63, 3.8) is 0 Å². The first-order valence-electron chi connectivity index (χ1n) is 7.60. The predicted molar refractivity (Wildman–Crippen MR) is 93.7 cm³/mol. The van der Waals surface area contributed by atoms with Gasteiger partial charge < -0.3 is 10.4 Å². The molecule has 0 fully saturated rings. The van der Waals surface area contributed by atoms with E-state index in [0.717, 1.165) is 36.2 Å². The molecule has 0 aliphatic rings. The smallest absolute Gasteiger partial charge is 0.123 e. The third-order valence-electron chi connectivity index (χ3n) is 3.53. The number of allylic oxidation sites excluding steroid dienone is 3. The molecule has 0 saturated heterocycles. The summed E-state index contributed by atoms with van der Waals surface area (Å²) in [5.74, 6) is 0.264. The van der Waals surface area contributed by atoms with Crippen molar-refractivity contribution in [3.8, 4) is 5.75 Å². The van der Waals surface area contributed by atoms with Gasteiger partial charge in [-0.05, 0) is 43.0 Å². The zero-order valence-corrected chi connectivity index (χ0v) is 13.0. The summed E-state index contributed by atoms with van der Waals surface area (Å²) in [6.07, 6.45) is 4.12. The normalized spacial score (nSPS) is 11.2. The highest BCUT2D eigenvalue weighted by atomic mass is 16.3. The highest BCUT2D eigenvalue weighted by molar-refractivity contribution is 5.76. The zero-order chi connectivity index (χ0) is 15.8. The van der Waals surface area contributed by atoms with Gasteiger partial charge >= 0.3 is 0 Å². The molecule has 2 rings (SSSR count). The van der Waals surface area contributed by atoms with E-state index in [1.165, 1.54) is 5.56 Å². The van der Waals surface area contributed by atoms with Gasteiger partial charge in [-0.3, -0.25) is 0 Å². The van der Waals surface area contributed by atoms with E-state index in [2.05, 4.69) is 36.2 Å². The number of phenolic OH excluding ortho intramolecular Hbond substituents is 1. The van der Waals surface area contributed by atoms with Gasteiger partial charge in [-0.15, -0.1) is 0 Å². The van der Waals surface area contributed by atoms with E-state index in [9.17, 15) is 5.11 Å². The molecule has 0 unspecified atom stereocenters. The van der Waals surface area contributed by atoms with E-state index >= 15 is 0 Å². The van der Waals surface area contributed by atoms with E-state index < -0.39 is 0 Å². The highest BCUT2D eigenvalue weighted by Crippen LogP contribution is 2.24. The van der Waals surface area contributed by atoms with Crippen LogP contribution >= 0.6 is 0 Å². The molecule has 0 bridgehead atoms. The van der Waals surface area contributed by atoms with Crippen molar-refractivity contribution in [2.75, 3.05) is 6.54 Å². The Bertz CT molecular complexity index is 644. The minimum absolute atomic E-state index is 0.264. The van der Waals surface area contributed by atoms with Crippen LogP contribution in [-0.2, 0) is 6.42 Å². The van der Waals surface area contributed by atoms with E-state index in [1.54, 1.807) is 6.07 Å². The second kappa shape index (κ2) is 8.08. The average Bonchev–Trinajstić information content (AvgIpc) is 2.53. The Balaban J connectivity index is 1.80. The second-order valence-electron chi connectivity index (χ2n) is 5.39. The van der Waals surface area contributed by atoms with Crippen LogP contribution in [0.1, 0.15) is 24.5 Å². The van der Waals surface area contributed by atoms with Gasteiger partial charge in [0.25, 0.3) is 0 Å². The van der Waals surface area contributed by atoms with Gasteiger partial charge in [-0.1, -0.05) is 55.1 Å². The molecule has 2 aromatic rings. The molecule has 0 saturated carbocycles. The molecule has 0 spiro atoms. The minimum Gasteiger partial charge on any atom is -0.507 e. The molecule has 2 aromatic carbocycles. The van der Waals surface area contributed by atoms with Crippen LogP contribution in [0.15, 0.2) is 72.9 Å². The Morgan fingerprint density at radius 1 is 1.09 bits per heavy atom. The zero-order valence-electron chi connectivity index (χ0n) is 13.0. The van der Waals surface area contributed by atoms with Crippen molar-refractivity contribution in [2.45, 2.75) is 19.8 Å². The second-order valence-corrected chi connectivity index (χ2v) is 5.39. The fourth-order valence-corrected chi connectivity index (χ4v) is 2.36. The van der Waals surface area contributed by atoms with E-state index in [0.29, 0.717) is 0 Å². The SMILES string of the molecule is C=C(/C=C(\C)NCCCc1ccccc1)c1ccccc1O. The van der Waals surface area contributed by atoms with Crippen LogP contribution in [0.3, 0.4) is 0 Å². The van der Waals surface area contributed by atoms with Crippen molar-refractivity contribution < 1.29 is 5.11 Å². The quantitative estimate of drug-likeness (QED) is 0.580. The molecular formula is C20H23NO. The Morgan fingerprint density at radius 2 is 1.77 bits per heavy atom. The third kappa shape index (κ3) is 4.81. The molecule has 0 aliphatic carbocycles. The summed E-state index contributed by atoms with van der Waals surface area (Å²) in [6, 6.07) is 17.8. The Kier molecular flexibility index (Phi) is 5.84.